The van der Waals surface area contributed by atoms with Crippen LogP contribution in [-0.2, 0) is 4.79 Å². The largest absolute Gasteiger partial charge is 0.504 e. The number of rotatable bonds is 1. The summed E-state index contributed by atoms with van der Waals surface area (Å²) in [6, 6.07) is 2.79. The molecule has 0 saturated heterocycles. The molecule has 0 heterocycles. The molecule has 1 aromatic carbocycles. The number of phenols is 2. The van der Waals surface area contributed by atoms with E-state index >= 15 is 0 Å². The van der Waals surface area contributed by atoms with Crippen LogP contribution in [0.1, 0.15) is 0 Å². The molecule has 0 atom stereocenters. The summed E-state index contributed by atoms with van der Waals surface area (Å²) in [5.41, 5.74) is -0.257. The van der Waals surface area contributed by atoms with Crippen molar-refractivity contribution in [3.8, 4) is 11.5 Å². The minimum atomic E-state index is -4.99. The van der Waals surface area contributed by atoms with Crippen LogP contribution in [0.2, 0.25) is 0 Å². The molecule has 1 aromatic rings. The van der Waals surface area contributed by atoms with Crippen molar-refractivity contribution in [2.75, 3.05) is 5.32 Å². The summed E-state index contributed by atoms with van der Waals surface area (Å²) in [5, 5.41) is 19.3. The van der Waals surface area contributed by atoms with E-state index in [2.05, 4.69) is 0 Å². The maximum atomic E-state index is 11.8. The highest BCUT2D eigenvalue weighted by atomic mass is 19.4. The first-order chi connectivity index (χ1) is 6.80. The minimum absolute atomic E-state index is 0.257. The Balaban J connectivity index is 2.83. The Morgan fingerprint density at radius 2 is 1.80 bits per heavy atom. The first-order valence-corrected chi connectivity index (χ1v) is 3.71. The Morgan fingerprint density at radius 3 is 2.27 bits per heavy atom. The van der Waals surface area contributed by atoms with E-state index in [1.807, 2.05) is 0 Å². The number of anilines is 1. The molecule has 4 nitrogen and oxygen atoms in total. The zero-order valence-electron chi connectivity index (χ0n) is 7.17. The van der Waals surface area contributed by atoms with Crippen LogP contribution in [0.15, 0.2) is 18.2 Å². The number of aromatic hydroxyl groups is 2. The number of nitrogens with one attached hydrogen (secondary N) is 1. The molecule has 1 amide bonds. The minimum Gasteiger partial charge on any atom is -0.504 e. The number of phenolic OH excluding ortho intramolecular Hbond substituents is 2. The van der Waals surface area contributed by atoms with E-state index in [9.17, 15) is 18.0 Å². The predicted octanol–water partition coefficient (Wildman–Crippen LogP) is 1.60. The van der Waals surface area contributed by atoms with Gasteiger partial charge in [-0.3, -0.25) is 4.79 Å². The topological polar surface area (TPSA) is 69.6 Å². The lowest BCUT2D eigenvalue weighted by atomic mass is 10.3. The average molecular weight is 221 g/mol. The van der Waals surface area contributed by atoms with Gasteiger partial charge in [-0.15, -0.1) is 0 Å². The van der Waals surface area contributed by atoms with Crippen LogP contribution in [0.3, 0.4) is 0 Å². The van der Waals surface area contributed by atoms with Gasteiger partial charge in [-0.1, -0.05) is 0 Å². The van der Waals surface area contributed by atoms with Crippen LogP contribution in [-0.4, -0.2) is 22.3 Å². The monoisotopic (exact) mass is 221 g/mol. The Labute approximate surface area is 82.0 Å². The first-order valence-electron chi connectivity index (χ1n) is 3.71. The second-order valence-corrected chi connectivity index (χ2v) is 2.66. The lowest BCUT2D eigenvalue weighted by Gasteiger charge is -2.08. The summed E-state index contributed by atoms with van der Waals surface area (Å²) < 4.78 is 35.4. The van der Waals surface area contributed by atoms with Crippen LogP contribution in [0.25, 0.3) is 0 Å². The zero-order chi connectivity index (χ0) is 11.6. The van der Waals surface area contributed by atoms with Crippen molar-refractivity contribution in [2.24, 2.45) is 0 Å². The molecule has 0 aliphatic heterocycles. The molecular formula is C8H6F3NO3. The van der Waals surface area contributed by atoms with Crippen molar-refractivity contribution in [3.63, 3.8) is 0 Å². The molecule has 0 spiro atoms. The van der Waals surface area contributed by atoms with Crippen molar-refractivity contribution < 1.29 is 28.2 Å². The highest BCUT2D eigenvalue weighted by Crippen LogP contribution is 2.28. The van der Waals surface area contributed by atoms with Crippen LogP contribution in [0.4, 0.5) is 18.9 Å². The summed E-state index contributed by atoms with van der Waals surface area (Å²) >= 11 is 0. The molecule has 1 rings (SSSR count). The first kappa shape index (κ1) is 11.2. The molecule has 0 aliphatic rings. The van der Waals surface area contributed by atoms with Gasteiger partial charge in [0.25, 0.3) is 0 Å². The van der Waals surface area contributed by atoms with Crippen molar-refractivity contribution >= 4 is 11.6 Å². The third-order valence-corrected chi connectivity index (χ3v) is 1.49. The maximum Gasteiger partial charge on any atom is 0.471 e. The summed E-state index contributed by atoms with van der Waals surface area (Å²) in [6.07, 6.45) is -4.99. The molecule has 0 aromatic heterocycles. The Kier molecular flexibility index (Phi) is 2.74. The van der Waals surface area contributed by atoms with Crippen LogP contribution < -0.4 is 5.32 Å². The van der Waals surface area contributed by atoms with E-state index in [1.54, 1.807) is 0 Å². The molecule has 0 unspecified atom stereocenters. The Bertz CT molecular complexity index is 389. The standard InChI is InChI=1S/C8H6F3NO3/c9-8(10,11)7(15)12-4-1-2-5(13)6(14)3-4/h1-3,13-14H,(H,12,15). The number of amides is 1. The van der Waals surface area contributed by atoms with E-state index in [0.717, 1.165) is 18.2 Å². The molecule has 3 N–H and O–H groups in total. The number of hydrogen-bond donors (Lipinski definition) is 3. The van der Waals surface area contributed by atoms with Gasteiger partial charge >= 0.3 is 12.1 Å². The lowest BCUT2D eigenvalue weighted by molar-refractivity contribution is -0.167. The van der Waals surface area contributed by atoms with Crippen LogP contribution >= 0.6 is 0 Å². The molecule has 15 heavy (non-hydrogen) atoms. The lowest BCUT2D eigenvalue weighted by Crippen LogP contribution is -2.29. The number of carbonyl (C=O) groups is 1. The molecular weight excluding hydrogens is 215 g/mol. The second kappa shape index (κ2) is 3.68. The fraction of sp³-hybridized carbons (Fsp3) is 0.125. The smallest absolute Gasteiger partial charge is 0.471 e. The summed E-state index contributed by atoms with van der Waals surface area (Å²) in [5.74, 6) is -3.25. The van der Waals surface area contributed by atoms with Crippen LogP contribution in [0, 0.1) is 0 Å². The zero-order valence-corrected chi connectivity index (χ0v) is 7.17. The van der Waals surface area contributed by atoms with Gasteiger partial charge < -0.3 is 15.5 Å². The highest BCUT2D eigenvalue weighted by molar-refractivity contribution is 5.95. The number of carbonyl (C=O) groups excluding carboxylic acids is 1. The fourth-order valence-corrected chi connectivity index (χ4v) is 0.803. The maximum absolute atomic E-state index is 11.8. The molecule has 82 valence electrons. The number of benzene rings is 1. The Hall–Kier alpha value is -1.92. The molecule has 0 radical (unpaired) electrons. The molecule has 0 aliphatic carbocycles. The van der Waals surface area contributed by atoms with Gasteiger partial charge in [0, 0.05) is 11.8 Å². The second-order valence-electron chi connectivity index (χ2n) is 2.66. The van der Waals surface area contributed by atoms with E-state index < -0.39 is 23.6 Å². The third kappa shape index (κ3) is 2.76. The molecule has 0 fully saturated rings. The van der Waals surface area contributed by atoms with Gasteiger partial charge in [0.1, 0.15) is 0 Å². The summed E-state index contributed by atoms with van der Waals surface area (Å²) in [7, 11) is 0. The van der Waals surface area contributed by atoms with E-state index in [0.29, 0.717) is 0 Å². The number of alkyl halides is 3. The van der Waals surface area contributed by atoms with Gasteiger partial charge in [-0.25, -0.2) is 0 Å². The van der Waals surface area contributed by atoms with Crippen LogP contribution in [0.5, 0.6) is 11.5 Å². The SMILES string of the molecule is O=C(Nc1ccc(O)c(O)c1)C(F)(F)F. The summed E-state index contributed by atoms with van der Waals surface area (Å²) in [4.78, 5) is 10.4. The third-order valence-electron chi connectivity index (χ3n) is 1.49. The molecule has 0 bridgehead atoms. The highest BCUT2D eigenvalue weighted by Gasteiger charge is 2.38. The van der Waals surface area contributed by atoms with Gasteiger partial charge in [0.2, 0.25) is 0 Å². The van der Waals surface area contributed by atoms with Gasteiger partial charge in [-0.05, 0) is 12.1 Å². The van der Waals surface area contributed by atoms with E-state index in [4.69, 9.17) is 10.2 Å². The molecule has 7 heteroatoms. The van der Waals surface area contributed by atoms with Gasteiger partial charge in [0.15, 0.2) is 11.5 Å². The Morgan fingerprint density at radius 1 is 1.20 bits per heavy atom. The predicted molar refractivity (Wildman–Crippen MR) is 44.5 cm³/mol. The van der Waals surface area contributed by atoms with Crippen molar-refractivity contribution in [1.29, 1.82) is 0 Å². The van der Waals surface area contributed by atoms with Crippen molar-refractivity contribution in [1.82, 2.24) is 0 Å². The fourth-order valence-electron chi connectivity index (χ4n) is 0.803. The average Bonchev–Trinajstić information content (AvgIpc) is 2.10. The van der Waals surface area contributed by atoms with Gasteiger partial charge in [-0.2, -0.15) is 13.2 Å². The van der Waals surface area contributed by atoms with Gasteiger partial charge in [0.05, 0.1) is 0 Å². The number of halogens is 3. The van der Waals surface area contributed by atoms with E-state index in [1.165, 1.54) is 5.32 Å². The van der Waals surface area contributed by atoms with Crippen molar-refractivity contribution in [2.45, 2.75) is 6.18 Å². The van der Waals surface area contributed by atoms with E-state index in [-0.39, 0.29) is 5.69 Å². The normalized spacial score (nSPS) is 11.1. The number of hydrogen-bond acceptors (Lipinski definition) is 3. The van der Waals surface area contributed by atoms with Crippen molar-refractivity contribution in [3.05, 3.63) is 18.2 Å². The quantitative estimate of drug-likeness (QED) is 0.498. The molecule has 0 saturated carbocycles. The summed E-state index contributed by atoms with van der Waals surface area (Å²) in [6.45, 7) is 0.